The standard InChI is InChI=1S/C17H16N6OS/c1-2-5-14(6-3-1)11-22-9-8-18-16(22)13-25-17-19-20-21-23(17)12-15-7-4-10-24-15/h1-10H,11-13H2. The fraction of sp³-hybridized carbons (Fsp3) is 0.176. The van der Waals surface area contributed by atoms with Gasteiger partial charge in [0.05, 0.1) is 12.0 Å². The summed E-state index contributed by atoms with van der Waals surface area (Å²) >= 11 is 1.56. The van der Waals surface area contributed by atoms with E-state index >= 15 is 0 Å². The summed E-state index contributed by atoms with van der Waals surface area (Å²) in [6.45, 7) is 1.31. The third-order valence-electron chi connectivity index (χ3n) is 3.71. The van der Waals surface area contributed by atoms with Crippen LogP contribution < -0.4 is 0 Å². The van der Waals surface area contributed by atoms with Crippen molar-refractivity contribution < 1.29 is 4.42 Å². The Kier molecular flexibility index (Phi) is 4.60. The summed E-state index contributed by atoms with van der Waals surface area (Å²) in [4.78, 5) is 4.46. The maximum atomic E-state index is 5.36. The molecule has 7 nitrogen and oxygen atoms in total. The second-order valence-corrected chi connectivity index (χ2v) is 6.39. The lowest BCUT2D eigenvalue weighted by Crippen LogP contribution is -2.05. The van der Waals surface area contributed by atoms with Gasteiger partial charge >= 0.3 is 0 Å². The number of nitrogens with zero attached hydrogens (tertiary/aromatic N) is 6. The molecule has 0 amide bonds. The van der Waals surface area contributed by atoms with E-state index in [0.29, 0.717) is 12.3 Å². The maximum Gasteiger partial charge on any atom is 0.210 e. The van der Waals surface area contributed by atoms with Crippen LogP contribution in [0.15, 0.2) is 70.7 Å². The molecule has 0 atom stereocenters. The van der Waals surface area contributed by atoms with Crippen molar-refractivity contribution in [2.75, 3.05) is 0 Å². The van der Waals surface area contributed by atoms with Gasteiger partial charge in [-0.3, -0.25) is 0 Å². The second kappa shape index (κ2) is 7.35. The molecule has 0 aliphatic heterocycles. The van der Waals surface area contributed by atoms with Gasteiger partial charge in [-0.1, -0.05) is 42.1 Å². The average molecular weight is 352 g/mol. The molecule has 3 heterocycles. The lowest BCUT2D eigenvalue weighted by atomic mass is 10.2. The van der Waals surface area contributed by atoms with E-state index in [0.717, 1.165) is 23.3 Å². The van der Waals surface area contributed by atoms with Crippen molar-refractivity contribution in [1.29, 1.82) is 0 Å². The van der Waals surface area contributed by atoms with Gasteiger partial charge in [-0.2, -0.15) is 0 Å². The van der Waals surface area contributed by atoms with Crippen molar-refractivity contribution in [2.24, 2.45) is 0 Å². The molecule has 25 heavy (non-hydrogen) atoms. The van der Waals surface area contributed by atoms with Crippen LogP contribution in [0.2, 0.25) is 0 Å². The predicted molar refractivity (Wildman–Crippen MR) is 93.0 cm³/mol. The summed E-state index contributed by atoms with van der Waals surface area (Å²) in [5.74, 6) is 2.50. The maximum absolute atomic E-state index is 5.36. The third-order valence-corrected chi connectivity index (χ3v) is 4.67. The van der Waals surface area contributed by atoms with E-state index in [9.17, 15) is 0 Å². The topological polar surface area (TPSA) is 74.6 Å². The molecule has 4 aromatic rings. The second-order valence-electron chi connectivity index (χ2n) is 5.44. The highest BCUT2D eigenvalue weighted by molar-refractivity contribution is 7.98. The molecule has 1 aromatic carbocycles. The molecule has 0 aliphatic carbocycles. The van der Waals surface area contributed by atoms with Gasteiger partial charge in [0.15, 0.2) is 0 Å². The van der Waals surface area contributed by atoms with Crippen molar-refractivity contribution >= 4 is 11.8 Å². The van der Waals surface area contributed by atoms with E-state index < -0.39 is 0 Å². The van der Waals surface area contributed by atoms with Gasteiger partial charge < -0.3 is 8.98 Å². The molecule has 0 saturated carbocycles. The van der Waals surface area contributed by atoms with Crippen LogP contribution in [0.4, 0.5) is 0 Å². The van der Waals surface area contributed by atoms with E-state index in [4.69, 9.17) is 4.42 Å². The Bertz CT molecular complexity index is 916. The highest BCUT2D eigenvalue weighted by Crippen LogP contribution is 2.20. The number of imidazole rings is 1. The fourth-order valence-electron chi connectivity index (χ4n) is 2.48. The molecule has 0 radical (unpaired) electrons. The summed E-state index contributed by atoms with van der Waals surface area (Å²) in [6, 6.07) is 14.1. The Hall–Kier alpha value is -2.87. The number of benzene rings is 1. The molecule has 0 saturated heterocycles. The SMILES string of the molecule is c1ccc(Cn2ccnc2CSc2nnnn2Cc2ccco2)cc1. The van der Waals surface area contributed by atoms with Gasteiger partial charge in [-0.05, 0) is 28.1 Å². The molecule has 0 bridgehead atoms. The molecule has 0 spiro atoms. The summed E-state index contributed by atoms with van der Waals surface area (Å²) in [5, 5.41) is 12.6. The molecule has 4 rings (SSSR count). The zero-order chi connectivity index (χ0) is 16.9. The molecule has 8 heteroatoms. The first kappa shape index (κ1) is 15.6. The first-order valence-electron chi connectivity index (χ1n) is 7.84. The minimum Gasteiger partial charge on any atom is -0.467 e. The Balaban J connectivity index is 1.43. The van der Waals surface area contributed by atoms with Crippen LogP contribution in [0.3, 0.4) is 0 Å². The monoisotopic (exact) mass is 352 g/mol. The predicted octanol–water partition coefficient (Wildman–Crippen LogP) is 2.85. The van der Waals surface area contributed by atoms with Crippen LogP contribution in [0.1, 0.15) is 17.1 Å². The van der Waals surface area contributed by atoms with Gasteiger partial charge in [0.2, 0.25) is 5.16 Å². The lowest BCUT2D eigenvalue weighted by molar-refractivity contribution is 0.462. The van der Waals surface area contributed by atoms with Gasteiger partial charge in [0.1, 0.15) is 18.1 Å². The molecule has 3 aromatic heterocycles. The normalized spacial score (nSPS) is 11.0. The number of tetrazole rings is 1. The average Bonchev–Trinajstić information content (AvgIpc) is 3.38. The van der Waals surface area contributed by atoms with E-state index in [-0.39, 0.29) is 0 Å². The molecule has 0 N–H and O–H groups in total. The zero-order valence-corrected chi connectivity index (χ0v) is 14.2. The Labute approximate surface area is 148 Å². The van der Waals surface area contributed by atoms with Crippen LogP contribution in [-0.4, -0.2) is 29.8 Å². The molecule has 0 unspecified atom stereocenters. The van der Waals surface area contributed by atoms with Crippen LogP contribution in [0, 0.1) is 0 Å². The van der Waals surface area contributed by atoms with Crippen molar-refractivity contribution in [3.8, 4) is 0 Å². The summed E-state index contributed by atoms with van der Waals surface area (Å²) in [5.41, 5.74) is 1.24. The van der Waals surface area contributed by atoms with Gasteiger partial charge in [-0.15, -0.1) is 5.10 Å². The van der Waals surface area contributed by atoms with E-state index in [2.05, 4.69) is 37.2 Å². The molecular weight excluding hydrogens is 336 g/mol. The van der Waals surface area contributed by atoms with E-state index in [1.54, 1.807) is 22.7 Å². The lowest BCUT2D eigenvalue weighted by Gasteiger charge is -2.08. The van der Waals surface area contributed by atoms with Crippen molar-refractivity contribution in [2.45, 2.75) is 24.0 Å². The first-order valence-corrected chi connectivity index (χ1v) is 8.82. The molecule has 0 aliphatic rings. The quantitative estimate of drug-likeness (QED) is 0.476. The highest BCUT2D eigenvalue weighted by atomic mass is 32.2. The van der Waals surface area contributed by atoms with Gasteiger partial charge in [-0.25, -0.2) is 9.67 Å². The third kappa shape index (κ3) is 3.80. The smallest absolute Gasteiger partial charge is 0.210 e. The Morgan fingerprint density at radius 2 is 1.96 bits per heavy atom. The highest BCUT2D eigenvalue weighted by Gasteiger charge is 2.11. The van der Waals surface area contributed by atoms with Crippen molar-refractivity contribution in [3.63, 3.8) is 0 Å². The van der Waals surface area contributed by atoms with Crippen LogP contribution in [-0.2, 0) is 18.8 Å². The van der Waals surface area contributed by atoms with Crippen molar-refractivity contribution in [1.82, 2.24) is 29.8 Å². The van der Waals surface area contributed by atoms with Crippen LogP contribution in [0.25, 0.3) is 0 Å². The van der Waals surface area contributed by atoms with Gasteiger partial charge in [0, 0.05) is 18.9 Å². The fourth-order valence-corrected chi connectivity index (χ4v) is 3.33. The molecule has 0 fully saturated rings. The summed E-state index contributed by atoms with van der Waals surface area (Å²) in [6.07, 6.45) is 5.46. The number of thioether (sulfide) groups is 1. The number of furan rings is 1. The number of hydrogen-bond donors (Lipinski definition) is 0. The van der Waals surface area contributed by atoms with Crippen molar-refractivity contribution in [3.05, 3.63) is 78.3 Å². The minimum absolute atomic E-state index is 0.515. The largest absolute Gasteiger partial charge is 0.467 e. The van der Waals surface area contributed by atoms with Crippen LogP contribution >= 0.6 is 11.8 Å². The van der Waals surface area contributed by atoms with Gasteiger partial charge in [0.25, 0.3) is 0 Å². The number of hydrogen-bond acceptors (Lipinski definition) is 6. The molecule has 126 valence electrons. The zero-order valence-electron chi connectivity index (χ0n) is 13.4. The number of aromatic nitrogens is 6. The van der Waals surface area contributed by atoms with E-state index in [1.165, 1.54) is 5.56 Å². The summed E-state index contributed by atoms with van der Waals surface area (Å²) in [7, 11) is 0. The molecular formula is C17H16N6OS. The minimum atomic E-state index is 0.515. The first-order chi connectivity index (χ1) is 12.4. The van der Waals surface area contributed by atoms with E-state index in [1.807, 2.05) is 42.7 Å². The Morgan fingerprint density at radius 3 is 2.80 bits per heavy atom. The Morgan fingerprint density at radius 1 is 1.04 bits per heavy atom. The number of rotatable bonds is 7. The summed E-state index contributed by atoms with van der Waals surface area (Å²) < 4.78 is 9.23. The van der Waals surface area contributed by atoms with Crippen LogP contribution in [0.5, 0.6) is 0 Å².